The summed E-state index contributed by atoms with van der Waals surface area (Å²) in [6.45, 7) is 0. The Labute approximate surface area is 185 Å². The minimum Gasteiger partial charge on any atom is -1.00 e. The zero-order valence-corrected chi connectivity index (χ0v) is 18.5. The van der Waals surface area contributed by atoms with Crippen molar-refractivity contribution in [3.8, 4) is 0 Å². The van der Waals surface area contributed by atoms with Gasteiger partial charge in [0.2, 0.25) is 0 Å². The highest BCUT2D eigenvalue weighted by atomic mass is 35.5. The van der Waals surface area contributed by atoms with Crippen LogP contribution in [-0.4, -0.2) is 0 Å². The summed E-state index contributed by atoms with van der Waals surface area (Å²) in [5.74, 6) is 0.520. The predicted octanol–water partition coefficient (Wildman–Crippen LogP) is 2.92. The van der Waals surface area contributed by atoms with Crippen LogP contribution in [0.3, 0.4) is 0 Å². The Hall–Kier alpha value is -2.11. The molecular weight excluding hydrogens is 414 g/mol. The van der Waals surface area contributed by atoms with Gasteiger partial charge in [-0.1, -0.05) is 84.9 Å². The largest absolute Gasteiger partial charge is 1.00 e. The summed E-state index contributed by atoms with van der Waals surface area (Å²) < 4.78 is 0. The molecule has 0 aromatic heterocycles. The van der Waals surface area contributed by atoms with Gasteiger partial charge < -0.3 is 12.4 Å². The highest BCUT2D eigenvalue weighted by molar-refractivity contribution is 7.95. The second-order valence-corrected chi connectivity index (χ2v) is 10.6. The summed E-state index contributed by atoms with van der Waals surface area (Å²) in [5.41, 5.74) is 2.58. The normalized spacial score (nSPS) is 10.9. The van der Waals surface area contributed by atoms with E-state index >= 15 is 0 Å². The van der Waals surface area contributed by atoms with Crippen molar-refractivity contribution in [2.45, 2.75) is 12.0 Å². The first-order valence-electron chi connectivity index (χ1n) is 9.52. The average Bonchev–Trinajstić information content (AvgIpc) is 2.79. The molecule has 0 atom stereocenters. The Bertz CT molecular complexity index is 979. The van der Waals surface area contributed by atoms with E-state index in [9.17, 15) is 0 Å². The second-order valence-electron chi connectivity index (χ2n) is 6.89. The standard InChI is InChI=1S/C26H23ClP.ClH/c27-20-23-14-10-11-19-26(23)28(24-15-6-2-7-16-24,25-17-8-3-9-18-25)21-22-12-4-1-5-13-22;/h1-19H,20-21H2;1H/q+1;/p-1. The van der Waals surface area contributed by atoms with E-state index in [0.29, 0.717) is 5.88 Å². The lowest BCUT2D eigenvalue weighted by atomic mass is 10.2. The lowest BCUT2D eigenvalue weighted by molar-refractivity contribution is -0.00000538. The lowest BCUT2D eigenvalue weighted by Crippen LogP contribution is -3.00. The van der Waals surface area contributed by atoms with E-state index in [4.69, 9.17) is 11.6 Å². The third kappa shape index (κ3) is 4.41. The molecule has 0 spiro atoms. The third-order valence-electron chi connectivity index (χ3n) is 5.20. The maximum absolute atomic E-state index is 6.43. The van der Waals surface area contributed by atoms with Gasteiger partial charge in [-0.3, -0.25) is 0 Å². The molecule has 4 aromatic rings. The molecule has 0 bridgehead atoms. The van der Waals surface area contributed by atoms with Crippen molar-refractivity contribution in [1.29, 1.82) is 0 Å². The van der Waals surface area contributed by atoms with E-state index in [0.717, 1.165) is 6.16 Å². The highest BCUT2D eigenvalue weighted by Crippen LogP contribution is 2.58. The molecule has 0 fully saturated rings. The molecule has 0 saturated heterocycles. The topological polar surface area (TPSA) is 0 Å². The molecule has 146 valence electrons. The first kappa shape index (κ1) is 21.6. The minimum atomic E-state index is -1.91. The fourth-order valence-corrected chi connectivity index (χ4v) is 8.73. The van der Waals surface area contributed by atoms with Gasteiger partial charge in [-0.15, -0.1) is 11.6 Å². The summed E-state index contributed by atoms with van der Waals surface area (Å²) in [4.78, 5) is 0. The molecule has 0 nitrogen and oxygen atoms in total. The third-order valence-corrected chi connectivity index (χ3v) is 9.95. The Morgan fingerprint density at radius 2 is 1.00 bits per heavy atom. The molecule has 0 N–H and O–H groups in total. The van der Waals surface area contributed by atoms with Crippen molar-refractivity contribution in [3.63, 3.8) is 0 Å². The van der Waals surface area contributed by atoms with Gasteiger partial charge in [0, 0.05) is 5.56 Å². The second kappa shape index (κ2) is 10.1. The van der Waals surface area contributed by atoms with Crippen LogP contribution in [0.1, 0.15) is 11.1 Å². The summed E-state index contributed by atoms with van der Waals surface area (Å²) in [7, 11) is -1.91. The SMILES string of the molecule is ClCc1ccccc1[P+](Cc1ccccc1)(c1ccccc1)c1ccccc1.[Cl-]. The van der Waals surface area contributed by atoms with Crippen LogP contribution in [0.25, 0.3) is 0 Å². The predicted molar refractivity (Wildman–Crippen MR) is 125 cm³/mol. The number of hydrogen-bond donors (Lipinski definition) is 0. The van der Waals surface area contributed by atoms with Gasteiger partial charge >= 0.3 is 0 Å². The quantitative estimate of drug-likeness (QED) is 0.322. The van der Waals surface area contributed by atoms with Gasteiger partial charge in [0.1, 0.15) is 23.2 Å². The zero-order chi connectivity index (χ0) is 19.2. The molecule has 0 aliphatic carbocycles. The van der Waals surface area contributed by atoms with Crippen LogP contribution in [0.4, 0.5) is 0 Å². The smallest absolute Gasteiger partial charge is 0.116 e. The molecule has 29 heavy (non-hydrogen) atoms. The number of rotatable bonds is 6. The number of halogens is 2. The van der Waals surface area contributed by atoms with Crippen molar-refractivity contribution in [3.05, 3.63) is 126 Å². The molecule has 0 saturated carbocycles. The van der Waals surface area contributed by atoms with E-state index in [1.807, 2.05) is 0 Å². The van der Waals surface area contributed by atoms with E-state index in [-0.39, 0.29) is 12.4 Å². The van der Waals surface area contributed by atoms with Crippen molar-refractivity contribution >= 4 is 34.8 Å². The average molecular weight is 437 g/mol. The van der Waals surface area contributed by atoms with Crippen molar-refractivity contribution in [1.82, 2.24) is 0 Å². The molecule has 0 unspecified atom stereocenters. The lowest BCUT2D eigenvalue weighted by Gasteiger charge is -2.29. The number of alkyl halides is 1. The van der Waals surface area contributed by atoms with Crippen LogP contribution >= 0.6 is 18.9 Å². The molecular formula is C26H23Cl2P. The first-order chi connectivity index (χ1) is 13.8. The Balaban J connectivity index is 0.00000240. The van der Waals surface area contributed by atoms with Gasteiger partial charge in [-0.2, -0.15) is 0 Å². The summed E-state index contributed by atoms with van der Waals surface area (Å²) >= 11 is 6.43. The molecule has 0 radical (unpaired) electrons. The fourth-order valence-electron chi connectivity index (χ4n) is 3.91. The molecule has 0 amide bonds. The van der Waals surface area contributed by atoms with E-state index in [1.165, 1.54) is 27.0 Å². The van der Waals surface area contributed by atoms with Crippen LogP contribution in [0.5, 0.6) is 0 Å². The molecule has 0 aliphatic heterocycles. The van der Waals surface area contributed by atoms with E-state index in [1.54, 1.807) is 0 Å². The number of hydrogen-bond acceptors (Lipinski definition) is 0. The van der Waals surface area contributed by atoms with E-state index in [2.05, 4.69) is 115 Å². The first-order valence-corrected chi connectivity index (χ1v) is 12.0. The molecule has 0 heterocycles. The number of benzene rings is 4. The molecule has 4 aromatic carbocycles. The maximum Gasteiger partial charge on any atom is 0.116 e. The summed E-state index contributed by atoms with van der Waals surface area (Å²) in [6, 6.07) is 41.5. The van der Waals surface area contributed by atoms with Gasteiger partial charge in [0.15, 0.2) is 0 Å². The maximum atomic E-state index is 6.43. The van der Waals surface area contributed by atoms with Crippen molar-refractivity contribution < 1.29 is 12.4 Å². The minimum absolute atomic E-state index is 0. The zero-order valence-electron chi connectivity index (χ0n) is 16.1. The summed E-state index contributed by atoms with van der Waals surface area (Å²) in [5, 5.41) is 4.16. The molecule has 3 heteroatoms. The Morgan fingerprint density at radius 1 is 0.552 bits per heavy atom. The van der Waals surface area contributed by atoms with Crippen LogP contribution < -0.4 is 28.3 Å². The molecule has 0 aliphatic rings. The highest BCUT2D eigenvalue weighted by Gasteiger charge is 2.46. The van der Waals surface area contributed by atoms with Crippen LogP contribution in [0.15, 0.2) is 115 Å². The van der Waals surface area contributed by atoms with Crippen LogP contribution in [0.2, 0.25) is 0 Å². The van der Waals surface area contributed by atoms with Gasteiger partial charge in [0.25, 0.3) is 0 Å². The van der Waals surface area contributed by atoms with Crippen molar-refractivity contribution in [2.75, 3.05) is 0 Å². The Kier molecular flexibility index (Phi) is 7.51. The van der Waals surface area contributed by atoms with Crippen LogP contribution in [0, 0.1) is 0 Å². The van der Waals surface area contributed by atoms with Gasteiger partial charge in [-0.05, 0) is 35.9 Å². The van der Waals surface area contributed by atoms with Gasteiger partial charge in [0.05, 0.1) is 12.0 Å². The summed E-state index contributed by atoms with van der Waals surface area (Å²) in [6.07, 6.45) is 0.982. The van der Waals surface area contributed by atoms with E-state index < -0.39 is 7.26 Å². The Morgan fingerprint density at radius 3 is 1.52 bits per heavy atom. The van der Waals surface area contributed by atoms with Gasteiger partial charge in [-0.25, -0.2) is 0 Å². The van der Waals surface area contributed by atoms with Crippen molar-refractivity contribution in [2.24, 2.45) is 0 Å². The monoisotopic (exact) mass is 436 g/mol. The fraction of sp³-hybridized carbons (Fsp3) is 0.0769. The molecule has 4 rings (SSSR count). The van der Waals surface area contributed by atoms with Crippen LogP contribution in [-0.2, 0) is 12.0 Å².